The molecule has 24 heavy (non-hydrogen) atoms. The Morgan fingerprint density at radius 3 is 2.54 bits per heavy atom. The Balaban J connectivity index is 2.15. The minimum absolute atomic E-state index is 0.0696. The van der Waals surface area contributed by atoms with Crippen molar-refractivity contribution in [3.05, 3.63) is 35.4 Å². The van der Waals surface area contributed by atoms with Gasteiger partial charge < -0.3 is 15.7 Å². The van der Waals surface area contributed by atoms with Crippen molar-refractivity contribution >= 4 is 11.9 Å². The molecule has 1 aliphatic heterocycles. The fourth-order valence-electron chi connectivity index (χ4n) is 3.03. The van der Waals surface area contributed by atoms with E-state index in [1.165, 1.54) is 0 Å². The van der Waals surface area contributed by atoms with Crippen LogP contribution in [0.25, 0.3) is 0 Å². The number of nitrogens with zero attached hydrogens (tertiary/aromatic N) is 1. The largest absolute Gasteiger partial charge is 0.480 e. The molecular formula is C18H27N3O3. The number of rotatable bonds is 7. The molecule has 1 heterocycles. The zero-order valence-corrected chi connectivity index (χ0v) is 14.7. The second-order valence-electron chi connectivity index (χ2n) is 6.74. The van der Waals surface area contributed by atoms with Crippen molar-refractivity contribution < 1.29 is 14.7 Å². The highest BCUT2D eigenvalue weighted by Crippen LogP contribution is 2.34. The monoisotopic (exact) mass is 333 g/mol. The van der Waals surface area contributed by atoms with E-state index in [0.717, 1.165) is 11.1 Å². The molecule has 1 aromatic carbocycles. The number of carbonyl (C=O) groups excluding carboxylic acids is 1. The van der Waals surface area contributed by atoms with Crippen molar-refractivity contribution in [3.8, 4) is 0 Å². The lowest BCUT2D eigenvalue weighted by Crippen LogP contribution is -2.51. The molecule has 1 aromatic rings. The summed E-state index contributed by atoms with van der Waals surface area (Å²) in [6.45, 7) is 6.97. The van der Waals surface area contributed by atoms with Crippen LogP contribution in [0.4, 0.5) is 0 Å². The van der Waals surface area contributed by atoms with E-state index in [-0.39, 0.29) is 23.9 Å². The molecule has 6 heteroatoms. The predicted molar refractivity (Wildman–Crippen MR) is 92.5 cm³/mol. The van der Waals surface area contributed by atoms with E-state index in [1.807, 2.05) is 43.0 Å². The molecule has 0 aliphatic carbocycles. The van der Waals surface area contributed by atoms with Crippen LogP contribution in [0, 0.1) is 5.92 Å². The Kier molecular flexibility index (Phi) is 5.96. The van der Waals surface area contributed by atoms with Crippen LogP contribution in [0.1, 0.15) is 37.9 Å². The molecule has 0 spiro atoms. The SMILES string of the molecule is CNC(C)C(=O)NC(CN1Cc2ccccc2C1C(=O)O)C(C)C. The first kappa shape index (κ1) is 18.4. The van der Waals surface area contributed by atoms with E-state index >= 15 is 0 Å². The Bertz CT molecular complexity index is 603. The summed E-state index contributed by atoms with van der Waals surface area (Å²) >= 11 is 0. The maximum Gasteiger partial charge on any atom is 0.325 e. The Hall–Kier alpha value is -1.92. The highest BCUT2D eigenvalue weighted by Gasteiger charge is 2.37. The van der Waals surface area contributed by atoms with Crippen molar-refractivity contribution in [1.82, 2.24) is 15.5 Å². The molecule has 0 fully saturated rings. The molecule has 0 saturated carbocycles. The van der Waals surface area contributed by atoms with Crippen LogP contribution in [0.2, 0.25) is 0 Å². The minimum Gasteiger partial charge on any atom is -0.480 e. The second-order valence-corrected chi connectivity index (χ2v) is 6.74. The van der Waals surface area contributed by atoms with Crippen LogP contribution < -0.4 is 10.6 Å². The number of nitrogens with one attached hydrogen (secondary N) is 2. The summed E-state index contributed by atoms with van der Waals surface area (Å²) in [5, 5.41) is 15.6. The van der Waals surface area contributed by atoms with Gasteiger partial charge in [0, 0.05) is 19.1 Å². The summed E-state index contributed by atoms with van der Waals surface area (Å²) in [5.41, 5.74) is 1.89. The van der Waals surface area contributed by atoms with Gasteiger partial charge in [-0.1, -0.05) is 38.1 Å². The molecule has 2 rings (SSSR count). The molecule has 3 unspecified atom stereocenters. The smallest absolute Gasteiger partial charge is 0.325 e. The number of hydrogen-bond donors (Lipinski definition) is 3. The van der Waals surface area contributed by atoms with Gasteiger partial charge in [0.05, 0.1) is 6.04 Å². The van der Waals surface area contributed by atoms with Gasteiger partial charge in [0.15, 0.2) is 0 Å². The maximum atomic E-state index is 12.2. The van der Waals surface area contributed by atoms with Crippen molar-refractivity contribution in [2.75, 3.05) is 13.6 Å². The molecule has 3 N–H and O–H groups in total. The van der Waals surface area contributed by atoms with Crippen molar-refractivity contribution in [1.29, 1.82) is 0 Å². The molecule has 6 nitrogen and oxygen atoms in total. The van der Waals surface area contributed by atoms with Gasteiger partial charge in [0.1, 0.15) is 6.04 Å². The fraction of sp³-hybridized carbons (Fsp3) is 0.556. The molecule has 132 valence electrons. The van der Waals surface area contributed by atoms with Gasteiger partial charge in [-0.2, -0.15) is 0 Å². The number of carbonyl (C=O) groups is 2. The Morgan fingerprint density at radius 1 is 1.29 bits per heavy atom. The molecule has 0 bridgehead atoms. The van der Waals surface area contributed by atoms with E-state index in [2.05, 4.69) is 10.6 Å². The Morgan fingerprint density at radius 2 is 1.96 bits per heavy atom. The second kappa shape index (κ2) is 7.77. The lowest BCUT2D eigenvalue weighted by Gasteiger charge is -2.30. The van der Waals surface area contributed by atoms with E-state index in [9.17, 15) is 14.7 Å². The summed E-state index contributed by atoms with van der Waals surface area (Å²) < 4.78 is 0. The van der Waals surface area contributed by atoms with Gasteiger partial charge >= 0.3 is 5.97 Å². The van der Waals surface area contributed by atoms with Crippen molar-refractivity contribution in [3.63, 3.8) is 0 Å². The van der Waals surface area contributed by atoms with Gasteiger partial charge in [-0.15, -0.1) is 0 Å². The third-order valence-corrected chi connectivity index (χ3v) is 4.71. The maximum absolute atomic E-state index is 12.2. The number of likely N-dealkylation sites (N-methyl/N-ethyl adjacent to an activating group) is 1. The number of fused-ring (bicyclic) bond motifs is 1. The predicted octanol–water partition coefficient (Wildman–Crippen LogP) is 1.38. The van der Waals surface area contributed by atoms with Crippen LogP contribution in [0.5, 0.6) is 0 Å². The number of carboxylic acid groups (broad SMARTS) is 1. The minimum atomic E-state index is -0.850. The van der Waals surface area contributed by atoms with E-state index in [0.29, 0.717) is 13.1 Å². The highest BCUT2D eigenvalue weighted by atomic mass is 16.4. The standard InChI is InChI=1S/C18H27N3O3/c1-11(2)15(20-17(22)12(3)19-4)10-21-9-13-7-5-6-8-14(13)16(21)18(23)24/h5-8,11-12,15-16,19H,9-10H2,1-4H3,(H,20,22)(H,23,24). The third kappa shape index (κ3) is 3.94. The van der Waals surface area contributed by atoms with Crippen LogP contribution in [0.3, 0.4) is 0 Å². The summed E-state index contributed by atoms with van der Waals surface area (Å²) in [5.74, 6) is -0.715. The lowest BCUT2D eigenvalue weighted by atomic mass is 10.0. The number of amides is 1. The third-order valence-electron chi connectivity index (χ3n) is 4.71. The van der Waals surface area contributed by atoms with Gasteiger partial charge in [-0.05, 0) is 31.0 Å². The zero-order valence-electron chi connectivity index (χ0n) is 14.7. The van der Waals surface area contributed by atoms with E-state index in [1.54, 1.807) is 14.0 Å². The lowest BCUT2D eigenvalue weighted by molar-refractivity contribution is -0.143. The van der Waals surface area contributed by atoms with Crippen LogP contribution in [-0.4, -0.2) is 47.6 Å². The molecule has 0 radical (unpaired) electrons. The van der Waals surface area contributed by atoms with Crippen molar-refractivity contribution in [2.24, 2.45) is 5.92 Å². The quantitative estimate of drug-likeness (QED) is 0.702. The molecule has 0 aromatic heterocycles. The number of carboxylic acids is 1. The van der Waals surface area contributed by atoms with E-state index < -0.39 is 12.0 Å². The molecule has 1 amide bonds. The van der Waals surface area contributed by atoms with Crippen LogP contribution in [0.15, 0.2) is 24.3 Å². The van der Waals surface area contributed by atoms with Gasteiger partial charge in [0.2, 0.25) is 5.91 Å². The van der Waals surface area contributed by atoms with Gasteiger partial charge in [-0.25, -0.2) is 0 Å². The molecule has 1 aliphatic rings. The van der Waals surface area contributed by atoms with Gasteiger partial charge in [-0.3, -0.25) is 14.5 Å². The topological polar surface area (TPSA) is 81.7 Å². The number of benzene rings is 1. The molecule has 0 saturated heterocycles. The molecule has 3 atom stereocenters. The molecular weight excluding hydrogens is 306 g/mol. The Labute approximate surface area is 143 Å². The summed E-state index contributed by atoms with van der Waals surface area (Å²) in [6, 6.07) is 6.60. The average molecular weight is 333 g/mol. The average Bonchev–Trinajstić information content (AvgIpc) is 2.91. The summed E-state index contributed by atoms with van der Waals surface area (Å²) in [4.78, 5) is 25.9. The summed E-state index contributed by atoms with van der Waals surface area (Å²) in [6.07, 6.45) is 0. The fourth-order valence-corrected chi connectivity index (χ4v) is 3.03. The first-order valence-corrected chi connectivity index (χ1v) is 8.37. The van der Waals surface area contributed by atoms with Gasteiger partial charge in [0.25, 0.3) is 0 Å². The van der Waals surface area contributed by atoms with Crippen molar-refractivity contribution in [2.45, 2.75) is 45.4 Å². The zero-order chi connectivity index (χ0) is 17.9. The first-order chi connectivity index (χ1) is 11.3. The van der Waals surface area contributed by atoms with Crippen LogP contribution >= 0.6 is 0 Å². The number of hydrogen-bond acceptors (Lipinski definition) is 4. The van der Waals surface area contributed by atoms with E-state index in [4.69, 9.17) is 0 Å². The summed E-state index contributed by atoms with van der Waals surface area (Å²) in [7, 11) is 1.74. The first-order valence-electron chi connectivity index (χ1n) is 8.37. The number of aliphatic carboxylic acids is 1. The highest BCUT2D eigenvalue weighted by molar-refractivity contribution is 5.81. The normalized spacial score (nSPS) is 19.8. The van der Waals surface area contributed by atoms with Crippen LogP contribution in [-0.2, 0) is 16.1 Å².